The quantitative estimate of drug-likeness (QED) is 0.838. The molecular formula is C15H15BrClFN2O. The number of rotatable bonds is 4. The van der Waals surface area contributed by atoms with Crippen molar-refractivity contribution in [1.82, 2.24) is 9.88 Å². The van der Waals surface area contributed by atoms with E-state index in [4.69, 9.17) is 11.6 Å². The molecule has 0 radical (unpaired) electrons. The first kappa shape index (κ1) is 16.0. The van der Waals surface area contributed by atoms with Crippen molar-refractivity contribution in [3.8, 4) is 0 Å². The summed E-state index contributed by atoms with van der Waals surface area (Å²) in [7, 11) is 0. The molecule has 0 bridgehead atoms. The Labute approximate surface area is 136 Å². The van der Waals surface area contributed by atoms with Crippen molar-refractivity contribution in [1.29, 1.82) is 0 Å². The molecule has 1 aromatic heterocycles. The fourth-order valence-corrected chi connectivity index (χ4v) is 2.62. The normalized spacial score (nSPS) is 11.0. The van der Waals surface area contributed by atoms with E-state index < -0.39 is 0 Å². The molecule has 1 heterocycles. The Morgan fingerprint density at radius 2 is 2.14 bits per heavy atom. The molecule has 3 nitrogen and oxygen atoms in total. The summed E-state index contributed by atoms with van der Waals surface area (Å²) in [5.41, 5.74) is 0.886. The molecule has 2 aromatic rings. The largest absolute Gasteiger partial charge is 0.347 e. The van der Waals surface area contributed by atoms with Crippen LogP contribution in [0.3, 0.4) is 0 Å². The van der Waals surface area contributed by atoms with E-state index in [1.54, 1.807) is 29.0 Å². The number of aromatic nitrogens is 1. The molecule has 1 N–H and O–H groups in total. The van der Waals surface area contributed by atoms with Crippen molar-refractivity contribution in [2.45, 2.75) is 26.4 Å². The number of amides is 1. The summed E-state index contributed by atoms with van der Waals surface area (Å²) in [5, 5.41) is 3.21. The molecule has 6 heteroatoms. The van der Waals surface area contributed by atoms with E-state index in [9.17, 15) is 9.18 Å². The predicted octanol–water partition coefficient (Wildman–Crippen LogP) is 4.55. The van der Waals surface area contributed by atoms with E-state index in [0.29, 0.717) is 16.3 Å². The fraction of sp³-hybridized carbons (Fsp3) is 0.267. The minimum atomic E-state index is -0.351. The highest BCUT2D eigenvalue weighted by Crippen LogP contribution is 2.19. The van der Waals surface area contributed by atoms with E-state index in [1.807, 2.05) is 13.8 Å². The zero-order chi connectivity index (χ0) is 15.6. The van der Waals surface area contributed by atoms with Crippen molar-refractivity contribution in [3.05, 3.63) is 57.0 Å². The smallest absolute Gasteiger partial charge is 0.268 e. The topological polar surface area (TPSA) is 34.0 Å². The molecule has 0 atom stereocenters. The van der Waals surface area contributed by atoms with Crippen LogP contribution in [0, 0.1) is 5.82 Å². The molecule has 0 aliphatic carbocycles. The third kappa shape index (κ3) is 3.86. The second-order valence-electron chi connectivity index (χ2n) is 4.96. The number of nitrogens with one attached hydrogen (secondary N) is 1. The maximum atomic E-state index is 13.6. The van der Waals surface area contributed by atoms with Crippen LogP contribution >= 0.6 is 27.5 Å². The van der Waals surface area contributed by atoms with Gasteiger partial charge in [0, 0.05) is 28.8 Å². The molecule has 2 rings (SSSR count). The number of hydrogen-bond acceptors (Lipinski definition) is 1. The summed E-state index contributed by atoms with van der Waals surface area (Å²) < 4.78 is 16.2. The maximum Gasteiger partial charge on any atom is 0.268 e. The summed E-state index contributed by atoms with van der Waals surface area (Å²) >= 11 is 9.23. The Balaban J connectivity index is 2.14. The highest BCUT2D eigenvalue weighted by atomic mass is 79.9. The van der Waals surface area contributed by atoms with Crippen LogP contribution < -0.4 is 5.32 Å². The number of carbonyl (C=O) groups is 1. The third-order valence-electron chi connectivity index (χ3n) is 3.05. The Bertz CT molecular complexity index is 670. The van der Waals surface area contributed by atoms with Crippen molar-refractivity contribution >= 4 is 33.4 Å². The summed E-state index contributed by atoms with van der Waals surface area (Å²) in [4.78, 5) is 12.2. The van der Waals surface area contributed by atoms with Crippen molar-refractivity contribution < 1.29 is 9.18 Å². The van der Waals surface area contributed by atoms with Gasteiger partial charge in [-0.2, -0.15) is 0 Å². The first-order valence-corrected chi connectivity index (χ1v) is 7.65. The summed E-state index contributed by atoms with van der Waals surface area (Å²) in [6.45, 7) is 4.03. The van der Waals surface area contributed by atoms with E-state index >= 15 is 0 Å². The van der Waals surface area contributed by atoms with Crippen LogP contribution in [0.1, 0.15) is 35.9 Å². The van der Waals surface area contributed by atoms with Gasteiger partial charge in [0.15, 0.2) is 0 Å². The van der Waals surface area contributed by atoms with Crippen LogP contribution in [0.2, 0.25) is 5.02 Å². The van der Waals surface area contributed by atoms with E-state index in [2.05, 4.69) is 21.2 Å². The van der Waals surface area contributed by atoms with Gasteiger partial charge in [-0.3, -0.25) is 4.79 Å². The van der Waals surface area contributed by atoms with Gasteiger partial charge in [-0.1, -0.05) is 27.5 Å². The Morgan fingerprint density at radius 3 is 2.81 bits per heavy atom. The molecule has 0 fully saturated rings. The number of carbonyl (C=O) groups excluding carboxylic acids is 1. The first-order valence-electron chi connectivity index (χ1n) is 6.48. The van der Waals surface area contributed by atoms with Gasteiger partial charge in [-0.15, -0.1) is 0 Å². The molecule has 21 heavy (non-hydrogen) atoms. The van der Waals surface area contributed by atoms with Gasteiger partial charge in [0.2, 0.25) is 0 Å². The molecule has 1 aromatic carbocycles. The highest BCUT2D eigenvalue weighted by molar-refractivity contribution is 9.10. The summed E-state index contributed by atoms with van der Waals surface area (Å²) in [5.74, 6) is -0.634. The highest BCUT2D eigenvalue weighted by Gasteiger charge is 2.15. The zero-order valence-corrected chi connectivity index (χ0v) is 14.0. The Hall–Kier alpha value is -1.33. The summed E-state index contributed by atoms with van der Waals surface area (Å²) in [6.07, 6.45) is 1.71. The second-order valence-corrected chi connectivity index (χ2v) is 6.32. The number of halogens is 3. The molecule has 0 aliphatic heterocycles. The number of benzene rings is 1. The second kappa shape index (κ2) is 6.62. The zero-order valence-electron chi connectivity index (χ0n) is 11.7. The SMILES string of the molecule is CC(C)n1cc(Cl)cc1C(=O)NCc1cc(Br)ccc1F. The van der Waals surface area contributed by atoms with Gasteiger partial charge in [0.05, 0.1) is 5.02 Å². The molecule has 0 saturated heterocycles. The Morgan fingerprint density at radius 1 is 1.43 bits per heavy atom. The summed E-state index contributed by atoms with van der Waals surface area (Å²) in [6, 6.07) is 6.34. The van der Waals surface area contributed by atoms with Crippen LogP contribution in [-0.2, 0) is 6.54 Å². The van der Waals surface area contributed by atoms with E-state index in [1.165, 1.54) is 6.07 Å². The molecule has 0 spiro atoms. The van der Waals surface area contributed by atoms with Crippen LogP contribution in [0.5, 0.6) is 0 Å². The van der Waals surface area contributed by atoms with Crippen LogP contribution in [0.15, 0.2) is 34.9 Å². The predicted molar refractivity (Wildman–Crippen MR) is 85.1 cm³/mol. The lowest BCUT2D eigenvalue weighted by Crippen LogP contribution is -2.26. The van der Waals surface area contributed by atoms with Gasteiger partial charge >= 0.3 is 0 Å². The lowest BCUT2D eigenvalue weighted by molar-refractivity contribution is 0.0940. The molecule has 0 unspecified atom stereocenters. The van der Waals surface area contributed by atoms with Crippen molar-refractivity contribution in [2.75, 3.05) is 0 Å². The standard InChI is InChI=1S/C15H15BrClFN2O/c1-9(2)20-8-12(17)6-14(20)15(21)19-7-10-5-11(16)3-4-13(10)18/h3-6,8-9H,7H2,1-2H3,(H,19,21). The molecule has 0 saturated carbocycles. The molecular weight excluding hydrogens is 359 g/mol. The lowest BCUT2D eigenvalue weighted by atomic mass is 10.2. The molecule has 112 valence electrons. The van der Waals surface area contributed by atoms with Crippen LogP contribution in [0.4, 0.5) is 4.39 Å². The minimum absolute atomic E-state index is 0.112. The lowest BCUT2D eigenvalue weighted by Gasteiger charge is -2.13. The average molecular weight is 374 g/mol. The van der Waals surface area contributed by atoms with Crippen molar-refractivity contribution in [3.63, 3.8) is 0 Å². The maximum absolute atomic E-state index is 13.6. The van der Waals surface area contributed by atoms with Crippen LogP contribution in [0.25, 0.3) is 0 Å². The van der Waals surface area contributed by atoms with Gasteiger partial charge in [-0.05, 0) is 38.1 Å². The van der Waals surface area contributed by atoms with Crippen LogP contribution in [-0.4, -0.2) is 10.5 Å². The number of nitrogens with zero attached hydrogens (tertiary/aromatic N) is 1. The van der Waals surface area contributed by atoms with E-state index in [0.717, 1.165) is 4.47 Å². The Kier molecular flexibility index (Phi) is 5.06. The number of hydrogen-bond donors (Lipinski definition) is 1. The first-order chi connectivity index (χ1) is 9.88. The average Bonchev–Trinajstić information content (AvgIpc) is 2.82. The van der Waals surface area contributed by atoms with E-state index in [-0.39, 0.29) is 24.3 Å². The van der Waals surface area contributed by atoms with Gasteiger partial charge in [0.1, 0.15) is 11.5 Å². The van der Waals surface area contributed by atoms with Gasteiger partial charge in [0.25, 0.3) is 5.91 Å². The third-order valence-corrected chi connectivity index (χ3v) is 3.75. The van der Waals surface area contributed by atoms with Crippen molar-refractivity contribution in [2.24, 2.45) is 0 Å². The van der Waals surface area contributed by atoms with Gasteiger partial charge in [-0.25, -0.2) is 4.39 Å². The monoisotopic (exact) mass is 372 g/mol. The fourth-order valence-electron chi connectivity index (χ4n) is 2.00. The van der Waals surface area contributed by atoms with Gasteiger partial charge < -0.3 is 9.88 Å². The minimum Gasteiger partial charge on any atom is -0.347 e. The molecule has 1 amide bonds. The molecule has 0 aliphatic rings.